The van der Waals surface area contributed by atoms with Crippen LogP contribution < -0.4 is 5.32 Å². The van der Waals surface area contributed by atoms with Crippen LogP contribution in [0.15, 0.2) is 24.3 Å². The molecule has 5 heteroatoms. The number of anilines is 1. The van der Waals surface area contributed by atoms with Gasteiger partial charge in [-0.25, -0.2) is 4.39 Å². The van der Waals surface area contributed by atoms with Crippen molar-refractivity contribution in [3.8, 4) is 0 Å². The molecule has 0 radical (unpaired) electrons. The predicted molar refractivity (Wildman–Crippen MR) is 79.1 cm³/mol. The number of carbonyl (C=O) groups is 2. The average Bonchev–Trinajstić information content (AvgIpc) is 3.15. The van der Waals surface area contributed by atoms with Crippen LogP contribution in [0, 0.1) is 17.7 Å². The lowest BCUT2D eigenvalue weighted by molar-refractivity contribution is -0.137. The molecule has 2 rings (SSSR count). The van der Waals surface area contributed by atoms with Gasteiger partial charge in [-0.05, 0) is 50.5 Å². The summed E-state index contributed by atoms with van der Waals surface area (Å²) >= 11 is 0. The summed E-state index contributed by atoms with van der Waals surface area (Å²) in [6.45, 7) is 5.86. The normalized spacial score (nSPS) is 20.2. The zero-order valence-electron chi connectivity index (χ0n) is 12.6. The summed E-state index contributed by atoms with van der Waals surface area (Å²) < 4.78 is 12.8. The first-order chi connectivity index (χ1) is 9.88. The predicted octanol–water partition coefficient (Wildman–Crippen LogP) is 2.66. The minimum absolute atomic E-state index is 0.0238. The van der Waals surface area contributed by atoms with Gasteiger partial charge in [-0.15, -0.1) is 0 Å². The van der Waals surface area contributed by atoms with Crippen LogP contribution in [0.1, 0.15) is 27.2 Å². The Bertz CT molecular complexity index is 528. The lowest BCUT2D eigenvalue weighted by atomic mass is 10.2. The van der Waals surface area contributed by atoms with Gasteiger partial charge in [0.25, 0.3) is 0 Å². The van der Waals surface area contributed by atoms with Crippen LogP contribution in [0.3, 0.4) is 0 Å². The number of carbonyl (C=O) groups excluding carboxylic acids is 2. The van der Waals surface area contributed by atoms with E-state index in [-0.39, 0.29) is 36.1 Å². The Labute approximate surface area is 124 Å². The molecule has 0 aliphatic heterocycles. The van der Waals surface area contributed by atoms with Crippen LogP contribution in [0.2, 0.25) is 0 Å². The zero-order valence-corrected chi connectivity index (χ0v) is 12.6. The van der Waals surface area contributed by atoms with Gasteiger partial charge in [0.2, 0.25) is 11.8 Å². The van der Waals surface area contributed by atoms with Crippen molar-refractivity contribution < 1.29 is 14.0 Å². The molecule has 2 unspecified atom stereocenters. The van der Waals surface area contributed by atoms with E-state index in [9.17, 15) is 14.0 Å². The maximum atomic E-state index is 12.8. The van der Waals surface area contributed by atoms with Crippen molar-refractivity contribution in [2.45, 2.75) is 33.2 Å². The number of nitrogens with zero attached hydrogens (tertiary/aromatic N) is 1. The second-order valence-corrected chi connectivity index (χ2v) is 5.93. The number of amides is 2. The van der Waals surface area contributed by atoms with Gasteiger partial charge in [-0.2, -0.15) is 0 Å². The van der Waals surface area contributed by atoms with Gasteiger partial charge < -0.3 is 10.2 Å². The molecular formula is C16H21FN2O2. The number of benzene rings is 1. The first-order valence-electron chi connectivity index (χ1n) is 7.24. The minimum Gasteiger partial charge on any atom is -0.331 e. The van der Waals surface area contributed by atoms with E-state index < -0.39 is 0 Å². The Morgan fingerprint density at radius 3 is 2.38 bits per heavy atom. The maximum Gasteiger partial charge on any atom is 0.244 e. The Kier molecular flexibility index (Phi) is 4.60. The fraction of sp³-hybridized carbons (Fsp3) is 0.500. The second kappa shape index (κ2) is 6.24. The van der Waals surface area contributed by atoms with Crippen LogP contribution in [0.5, 0.6) is 0 Å². The Morgan fingerprint density at radius 2 is 1.90 bits per heavy atom. The number of nitrogens with one attached hydrogen (secondary N) is 1. The quantitative estimate of drug-likeness (QED) is 0.907. The molecule has 0 aromatic heterocycles. The van der Waals surface area contributed by atoms with E-state index in [0.29, 0.717) is 11.6 Å². The third-order valence-electron chi connectivity index (χ3n) is 3.78. The van der Waals surface area contributed by atoms with E-state index in [1.54, 1.807) is 4.90 Å². The Hall–Kier alpha value is -1.91. The van der Waals surface area contributed by atoms with E-state index in [2.05, 4.69) is 5.32 Å². The maximum absolute atomic E-state index is 12.8. The van der Waals surface area contributed by atoms with Gasteiger partial charge >= 0.3 is 0 Å². The molecular weight excluding hydrogens is 271 g/mol. The molecule has 21 heavy (non-hydrogen) atoms. The summed E-state index contributed by atoms with van der Waals surface area (Å²) in [6, 6.07) is 5.54. The molecule has 0 heterocycles. The molecule has 1 aromatic carbocycles. The van der Waals surface area contributed by atoms with Crippen molar-refractivity contribution in [1.29, 1.82) is 0 Å². The van der Waals surface area contributed by atoms with Gasteiger partial charge in [-0.3, -0.25) is 9.59 Å². The summed E-state index contributed by atoms with van der Waals surface area (Å²) in [5, 5.41) is 2.68. The summed E-state index contributed by atoms with van der Waals surface area (Å²) in [5.41, 5.74) is 0.525. The smallest absolute Gasteiger partial charge is 0.244 e. The first-order valence-corrected chi connectivity index (χ1v) is 7.24. The molecule has 0 saturated heterocycles. The number of halogens is 1. The highest BCUT2D eigenvalue weighted by molar-refractivity contribution is 5.95. The largest absolute Gasteiger partial charge is 0.331 e. The Balaban J connectivity index is 1.95. The number of hydrogen-bond donors (Lipinski definition) is 1. The van der Waals surface area contributed by atoms with Crippen molar-refractivity contribution in [3.63, 3.8) is 0 Å². The summed E-state index contributed by atoms with van der Waals surface area (Å²) in [7, 11) is 0. The van der Waals surface area contributed by atoms with Gasteiger partial charge in [0.15, 0.2) is 0 Å². The molecule has 1 aromatic rings. The summed E-state index contributed by atoms with van der Waals surface area (Å²) in [5.74, 6) is -0.0941. The zero-order chi connectivity index (χ0) is 15.6. The number of hydrogen-bond acceptors (Lipinski definition) is 2. The monoisotopic (exact) mass is 292 g/mol. The van der Waals surface area contributed by atoms with E-state index in [1.807, 2.05) is 20.8 Å². The second-order valence-electron chi connectivity index (χ2n) is 5.93. The SMILES string of the molecule is CC1CC1C(=O)N(CC(=O)Nc1ccc(F)cc1)C(C)C. The third-order valence-corrected chi connectivity index (χ3v) is 3.78. The lowest BCUT2D eigenvalue weighted by Crippen LogP contribution is -2.43. The van der Waals surface area contributed by atoms with Crippen molar-refractivity contribution in [2.75, 3.05) is 11.9 Å². The molecule has 1 saturated carbocycles. The Morgan fingerprint density at radius 1 is 1.33 bits per heavy atom. The fourth-order valence-electron chi connectivity index (χ4n) is 2.28. The van der Waals surface area contributed by atoms with Crippen molar-refractivity contribution in [2.24, 2.45) is 11.8 Å². The van der Waals surface area contributed by atoms with E-state index in [0.717, 1.165) is 6.42 Å². The highest BCUT2D eigenvalue weighted by atomic mass is 19.1. The summed E-state index contributed by atoms with van der Waals surface area (Å²) in [4.78, 5) is 25.9. The van der Waals surface area contributed by atoms with E-state index in [1.165, 1.54) is 24.3 Å². The van der Waals surface area contributed by atoms with E-state index in [4.69, 9.17) is 0 Å². The highest BCUT2D eigenvalue weighted by Gasteiger charge is 2.42. The number of rotatable bonds is 5. The van der Waals surface area contributed by atoms with Crippen LogP contribution in [-0.2, 0) is 9.59 Å². The van der Waals surface area contributed by atoms with Crippen molar-refractivity contribution >= 4 is 17.5 Å². The standard InChI is InChI=1S/C16H21FN2O2/c1-10(2)19(16(21)14-8-11(14)3)9-15(20)18-13-6-4-12(17)5-7-13/h4-7,10-11,14H,8-9H2,1-3H3,(H,18,20). The molecule has 2 atom stereocenters. The van der Waals surface area contributed by atoms with Crippen LogP contribution in [-0.4, -0.2) is 29.3 Å². The lowest BCUT2D eigenvalue weighted by Gasteiger charge is -2.26. The minimum atomic E-state index is -0.352. The molecule has 2 amide bonds. The molecule has 1 aliphatic rings. The molecule has 1 N–H and O–H groups in total. The molecule has 1 fully saturated rings. The average molecular weight is 292 g/mol. The van der Waals surface area contributed by atoms with E-state index >= 15 is 0 Å². The molecule has 114 valence electrons. The topological polar surface area (TPSA) is 49.4 Å². The van der Waals surface area contributed by atoms with Crippen LogP contribution in [0.25, 0.3) is 0 Å². The molecule has 0 spiro atoms. The molecule has 4 nitrogen and oxygen atoms in total. The first kappa shape index (κ1) is 15.5. The van der Waals surface area contributed by atoms with Crippen molar-refractivity contribution in [1.82, 2.24) is 4.90 Å². The van der Waals surface area contributed by atoms with Crippen molar-refractivity contribution in [3.05, 3.63) is 30.1 Å². The fourth-order valence-corrected chi connectivity index (χ4v) is 2.28. The van der Waals surface area contributed by atoms with Gasteiger partial charge in [0.1, 0.15) is 12.4 Å². The summed E-state index contributed by atoms with van der Waals surface area (Å²) in [6.07, 6.45) is 0.904. The highest BCUT2D eigenvalue weighted by Crippen LogP contribution is 2.39. The van der Waals surface area contributed by atoms with Crippen LogP contribution in [0.4, 0.5) is 10.1 Å². The van der Waals surface area contributed by atoms with Gasteiger partial charge in [0.05, 0.1) is 0 Å². The molecule has 1 aliphatic carbocycles. The van der Waals surface area contributed by atoms with Crippen LogP contribution >= 0.6 is 0 Å². The third kappa shape index (κ3) is 4.03. The van der Waals surface area contributed by atoms with Gasteiger partial charge in [0, 0.05) is 17.6 Å². The van der Waals surface area contributed by atoms with Gasteiger partial charge in [-0.1, -0.05) is 6.92 Å². The molecule has 0 bridgehead atoms.